The number of carbonyl (C=O) groups excluding carboxylic acids is 2. The highest BCUT2D eigenvalue weighted by Crippen LogP contribution is 2.19. The summed E-state index contributed by atoms with van der Waals surface area (Å²) in [6, 6.07) is 5.41. The van der Waals surface area contributed by atoms with Gasteiger partial charge >= 0.3 is 0 Å². The van der Waals surface area contributed by atoms with Gasteiger partial charge in [-0.05, 0) is 50.8 Å². The molecule has 1 fully saturated rings. The zero-order valence-electron chi connectivity index (χ0n) is 16.3. The van der Waals surface area contributed by atoms with Crippen molar-refractivity contribution in [2.24, 2.45) is 11.8 Å². The SMILES string of the molecule is Cc1cc(C)n(C[C@H](C)CNC(=O)[C@@H]2CCCN(C(=O)c3ccco3)C2)n1. The molecule has 2 aromatic heterocycles. The van der Waals surface area contributed by atoms with Crippen molar-refractivity contribution in [3.8, 4) is 0 Å². The van der Waals surface area contributed by atoms with Crippen LogP contribution in [0.2, 0.25) is 0 Å². The van der Waals surface area contributed by atoms with Crippen molar-refractivity contribution in [2.45, 2.75) is 40.2 Å². The van der Waals surface area contributed by atoms with Crippen molar-refractivity contribution in [1.29, 1.82) is 0 Å². The number of aromatic nitrogens is 2. The van der Waals surface area contributed by atoms with Gasteiger partial charge in [-0.25, -0.2) is 0 Å². The van der Waals surface area contributed by atoms with E-state index in [0.717, 1.165) is 30.8 Å². The maximum atomic E-state index is 12.6. The van der Waals surface area contributed by atoms with Gasteiger partial charge in [0.2, 0.25) is 5.91 Å². The van der Waals surface area contributed by atoms with Gasteiger partial charge in [0.25, 0.3) is 5.91 Å². The zero-order chi connectivity index (χ0) is 19.4. The van der Waals surface area contributed by atoms with Crippen LogP contribution in [0.5, 0.6) is 0 Å². The number of rotatable bonds is 6. The molecule has 0 bridgehead atoms. The maximum Gasteiger partial charge on any atom is 0.289 e. The van der Waals surface area contributed by atoms with Gasteiger partial charge in [0, 0.05) is 31.9 Å². The summed E-state index contributed by atoms with van der Waals surface area (Å²) in [7, 11) is 0. The van der Waals surface area contributed by atoms with E-state index < -0.39 is 0 Å². The van der Waals surface area contributed by atoms with Crippen molar-refractivity contribution in [1.82, 2.24) is 20.0 Å². The summed E-state index contributed by atoms with van der Waals surface area (Å²) in [4.78, 5) is 26.7. The Morgan fingerprint density at radius 2 is 2.22 bits per heavy atom. The quantitative estimate of drug-likeness (QED) is 0.844. The van der Waals surface area contributed by atoms with Gasteiger partial charge in [-0.15, -0.1) is 0 Å². The van der Waals surface area contributed by atoms with Crippen LogP contribution in [-0.2, 0) is 11.3 Å². The van der Waals surface area contributed by atoms with Crippen molar-refractivity contribution < 1.29 is 14.0 Å². The molecule has 2 amide bonds. The summed E-state index contributed by atoms with van der Waals surface area (Å²) >= 11 is 0. The number of hydrogen-bond donors (Lipinski definition) is 1. The first kappa shape index (κ1) is 19.2. The minimum atomic E-state index is -0.168. The van der Waals surface area contributed by atoms with E-state index in [9.17, 15) is 9.59 Å². The van der Waals surface area contributed by atoms with Crippen LogP contribution in [0, 0.1) is 25.7 Å². The second-order valence-corrected chi connectivity index (χ2v) is 7.53. The minimum absolute atomic E-state index is 0.0205. The second kappa shape index (κ2) is 8.41. The normalized spacial score (nSPS) is 18.3. The summed E-state index contributed by atoms with van der Waals surface area (Å²) in [5.41, 5.74) is 2.14. The van der Waals surface area contributed by atoms with Crippen LogP contribution >= 0.6 is 0 Å². The molecule has 0 saturated carbocycles. The lowest BCUT2D eigenvalue weighted by atomic mass is 9.96. The van der Waals surface area contributed by atoms with Gasteiger partial charge in [-0.1, -0.05) is 6.92 Å². The van der Waals surface area contributed by atoms with Gasteiger partial charge in [-0.3, -0.25) is 14.3 Å². The Morgan fingerprint density at radius 1 is 1.41 bits per heavy atom. The molecule has 2 aromatic rings. The van der Waals surface area contributed by atoms with E-state index in [1.54, 1.807) is 17.0 Å². The van der Waals surface area contributed by atoms with Crippen LogP contribution in [0.1, 0.15) is 41.7 Å². The lowest BCUT2D eigenvalue weighted by Crippen LogP contribution is -2.46. The average Bonchev–Trinajstić information content (AvgIpc) is 3.29. The van der Waals surface area contributed by atoms with E-state index in [-0.39, 0.29) is 23.7 Å². The molecule has 27 heavy (non-hydrogen) atoms. The Hall–Kier alpha value is -2.57. The van der Waals surface area contributed by atoms with Crippen LogP contribution in [0.4, 0.5) is 0 Å². The topological polar surface area (TPSA) is 80.4 Å². The van der Waals surface area contributed by atoms with Gasteiger partial charge in [0.1, 0.15) is 0 Å². The van der Waals surface area contributed by atoms with Gasteiger partial charge in [0.15, 0.2) is 5.76 Å². The molecule has 1 aliphatic heterocycles. The molecule has 3 heterocycles. The fourth-order valence-corrected chi connectivity index (χ4v) is 3.57. The van der Waals surface area contributed by atoms with Crippen molar-refractivity contribution in [2.75, 3.05) is 19.6 Å². The van der Waals surface area contributed by atoms with Gasteiger partial charge in [0.05, 0.1) is 17.9 Å². The van der Waals surface area contributed by atoms with Crippen LogP contribution in [0.3, 0.4) is 0 Å². The number of furan rings is 1. The first-order valence-corrected chi connectivity index (χ1v) is 9.55. The second-order valence-electron chi connectivity index (χ2n) is 7.53. The highest BCUT2D eigenvalue weighted by atomic mass is 16.3. The fourth-order valence-electron chi connectivity index (χ4n) is 3.57. The molecule has 146 valence electrons. The molecular weight excluding hydrogens is 344 g/mol. The molecule has 0 aliphatic carbocycles. The molecule has 1 N–H and O–H groups in total. The Kier molecular flexibility index (Phi) is 5.98. The van der Waals surface area contributed by atoms with Crippen molar-refractivity contribution >= 4 is 11.8 Å². The van der Waals surface area contributed by atoms with E-state index in [0.29, 0.717) is 25.4 Å². The number of carbonyl (C=O) groups is 2. The third-order valence-corrected chi connectivity index (χ3v) is 5.02. The third kappa shape index (κ3) is 4.78. The van der Waals surface area contributed by atoms with E-state index in [1.165, 1.54) is 6.26 Å². The molecule has 3 rings (SSSR count). The van der Waals surface area contributed by atoms with Crippen LogP contribution in [-0.4, -0.2) is 46.1 Å². The molecule has 1 aliphatic rings. The van der Waals surface area contributed by atoms with Crippen LogP contribution in [0.25, 0.3) is 0 Å². The van der Waals surface area contributed by atoms with Gasteiger partial charge in [-0.2, -0.15) is 5.10 Å². The van der Waals surface area contributed by atoms with Crippen LogP contribution < -0.4 is 5.32 Å². The van der Waals surface area contributed by atoms with E-state index in [1.807, 2.05) is 18.5 Å². The predicted octanol–water partition coefficient (Wildman–Crippen LogP) is 2.40. The standard InChI is InChI=1S/C20H28N4O3/c1-14(12-24-16(3)10-15(2)22-24)11-21-19(25)17-6-4-8-23(13-17)20(26)18-7-5-9-27-18/h5,7,9-10,14,17H,4,6,8,11-13H2,1-3H3,(H,21,25)/t14-,17-/m1/s1. The average molecular weight is 372 g/mol. The Bertz CT molecular complexity index is 781. The third-order valence-electron chi connectivity index (χ3n) is 5.02. The molecule has 7 nitrogen and oxygen atoms in total. The summed E-state index contributed by atoms with van der Waals surface area (Å²) in [6.45, 7) is 8.60. The molecule has 2 atom stereocenters. The molecule has 0 radical (unpaired) electrons. The van der Waals surface area contributed by atoms with Gasteiger partial charge < -0.3 is 14.6 Å². The monoisotopic (exact) mass is 372 g/mol. The highest BCUT2D eigenvalue weighted by molar-refractivity contribution is 5.92. The Morgan fingerprint density at radius 3 is 2.89 bits per heavy atom. The predicted molar refractivity (Wildman–Crippen MR) is 101 cm³/mol. The number of aryl methyl sites for hydroxylation is 2. The Labute approximate surface area is 159 Å². The molecule has 1 saturated heterocycles. The lowest BCUT2D eigenvalue weighted by molar-refractivity contribution is -0.126. The minimum Gasteiger partial charge on any atom is -0.459 e. The summed E-state index contributed by atoms with van der Waals surface area (Å²) in [5, 5.41) is 7.52. The summed E-state index contributed by atoms with van der Waals surface area (Å²) in [5.74, 6) is 0.312. The number of amides is 2. The van der Waals surface area contributed by atoms with E-state index >= 15 is 0 Å². The first-order valence-electron chi connectivity index (χ1n) is 9.55. The molecule has 0 unspecified atom stereocenters. The number of piperidine rings is 1. The summed E-state index contributed by atoms with van der Waals surface area (Å²) in [6.07, 6.45) is 3.12. The number of nitrogens with zero attached hydrogens (tertiary/aromatic N) is 3. The largest absolute Gasteiger partial charge is 0.459 e. The Balaban J connectivity index is 1.48. The van der Waals surface area contributed by atoms with E-state index in [2.05, 4.69) is 23.4 Å². The highest BCUT2D eigenvalue weighted by Gasteiger charge is 2.29. The molecular formula is C20H28N4O3. The number of hydrogen-bond acceptors (Lipinski definition) is 4. The van der Waals surface area contributed by atoms with Crippen LogP contribution in [0.15, 0.2) is 28.9 Å². The number of nitrogens with one attached hydrogen (secondary N) is 1. The fraction of sp³-hybridized carbons (Fsp3) is 0.550. The zero-order valence-corrected chi connectivity index (χ0v) is 16.3. The summed E-state index contributed by atoms with van der Waals surface area (Å²) < 4.78 is 7.17. The first-order chi connectivity index (χ1) is 12.9. The van der Waals surface area contributed by atoms with E-state index in [4.69, 9.17) is 4.42 Å². The molecule has 0 spiro atoms. The molecule has 0 aromatic carbocycles. The maximum absolute atomic E-state index is 12.6. The smallest absolute Gasteiger partial charge is 0.289 e. The number of likely N-dealkylation sites (tertiary alicyclic amines) is 1. The van der Waals surface area contributed by atoms with Crippen molar-refractivity contribution in [3.05, 3.63) is 41.6 Å². The lowest BCUT2D eigenvalue weighted by Gasteiger charge is -2.31. The molecule has 7 heteroatoms. The van der Waals surface area contributed by atoms with Crippen molar-refractivity contribution in [3.63, 3.8) is 0 Å².